The summed E-state index contributed by atoms with van der Waals surface area (Å²) in [5.74, 6) is -0.0656. The molecule has 1 saturated heterocycles. The maximum atomic E-state index is 12.7. The summed E-state index contributed by atoms with van der Waals surface area (Å²) in [5.41, 5.74) is -2.50. The molecule has 1 aliphatic heterocycles. The molecule has 1 heterocycles. The van der Waals surface area contributed by atoms with Gasteiger partial charge in [-0.2, -0.15) is 0 Å². The Balaban J connectivity index is 2.12. The summed E-state index contributed by atoms with van der Waals surface area (Å²) in [6.45, 7) is 8.83. The zero-order chi connectivity index (χ0) is 18.0. The van der Waals surface area contributed by atoms with E-state index < -0.39 is 22.7 Å². The number of carbonyl (C=O) groups is 2. The normalized spacial score (nSPS) is 26.5. The van der Waals surface area contributed by atoms with E-state index in [0.717, 1.165) is 12.8 Å². The number of piperidine rings is 1. The van der Waals surface area contributed by atoms with Gasteiger partial charge in [-0.25, -0.2) is 4.79 Å². The first-order chi connectivity index (χ1) is 11.1. The Morgan fingerprint density at radius 2 is 1.88 bits per heavy atom. The molecule has 0 bridgehead atoms. The highest BCUT2D eigenvalue weighted by atomic mass is 16.6. The number of rotatable bonds is 4. The van der Waals surface area contributed by atoms with Crippen LogP contribution in [0.1, 0.15) is 66.2 Å². The Morgan fingerprint density at radius 3 is 2.38 bits per heavy atom. The van der Waals surface area contributed by atoms with Gasteiger partial charge in [0, 0.05) is 13.1 Å². The number of β-amino-alcohol motifs (C(OH)–C–C–N with tert-alkyl or cyclic N) is 1. The van der Waals surface area contributed by atoms with Crippen LogP contribution in [0.2, 0.25) is 0 Å². The van der Waals surface area contributed by atoms with E-state index in [-0.39, 0.29) is 12.5 Å². The largest absolute Gasteiger partial charge is 0.444 e. The minimum Gasteiger partial charge on any atom is -0.444 e. The van der Waals surface area contributed by atoms with E-state index in [1.54, 1.807) is 4.90 Å². The molecule has 2 rings (SSSR count). The van der Waals surface area contributed by atoms with Crippen molar-refractivity contribution in [3.8, 4) is 0 Å². The van der Waals surface area contributed by atoms with Crippen LogP contribution in [-0.2, 0) is 9.53 Å². The van der Waals surface area contributed by atoms with Gasteiger partial charge < -0.3 is 20.1 Å². The second-order valence-corrected chi connectivity index (χ2v) is 8.23. The molecule has 0 aromatic rings. The molecule has 1 unspecified atom stereocenters. The molecule has 6 nitrogen and oxygen atoms in total. The smallest absolute Gasteiger partial charge is 0.410 e. The second-order valence-electron chi connectivity index (χ2n) is 8.23. The highest BCUT2D eigenvalue weighted by Gasteiger charge is 2.60. The second kappa shape index (κ2) is 6.90. The number of nitrogens with one attached hydrogen (secondary N) is 1. The van der Waals surface area contributed by atoms with Crippen molar-refractivity contribution in [2.24, 2.45) is 5.41 Å². The van der Waals surface area contributed by atoms with Crippen molar-refractivity contribution in [2.75, 3.05) is 19.6 Å². The number of hydrogen-bond acceptors (Lipinski definition) is 4. The summed E-state index contributed by atoms with van der Waals surface area (Å²) in [5, 5.41) is 14.3. The Bertz CT molecular complexity index is 482. The summed E-state index contributed by atoms with van der Waals surface area (Å²) in [4.78, 5) is 26.6. The van der Waals surface area contributed by atoms with Crippen LogP contribution in [0.15, 0.2) is 0 Å². The van der Waals surface area contributed by atoms with E-state index in [1.165, 1.54) is 0 Å². The standard InChI is InChI=1S/C18H32N2O4/c1-5-11-19-14(21)17(8-6-9-17)18(23)10-7-12-20(13-18)15(22)24-16(2,3)4/h23H,5-13H2,1-4H3,(H,19,21). The molecule has 2 N–H and O–H groups in total. The lowest BCUT2D eigenvalue weighted by Gasteiger charge is -2.54. The van der Waals surface area contributed by atoms with E-state index in [1.807, 2.05) is 27.7 Å². The van der Waals surface area contributed by atoms with Crippen molar-refractivity contribution in [1.29, 1.82) is 0 Å². The third-order valence-corrected chi connectivity index (χ3v) is 5.19. The molecular formula is C18H32N2O4. The van der Waals surface area contributed by atoms with Crippen molar-refractivity contribution in [3.05, 3.63) is 0 Å². The fourth-order valence-electron chi connectivity index (χ4n) is 3.75. The first kappa shape index (κ1) is 19.0. The number of nitrogens with zero attached hydrogens (tertiary/aromatic N) is 1. The lowest BCUT2D eigenvalue weighted by atomic mass is 9.56. The van der Waals surface area contributed by atoms with Crippen LogP contribution in [0.4, 0.5) is 4.79 Å². The molecule has 1 atom stereocenters. The highest BCUT2D eigenvalue weighted by Crippen LogP contribution is 2.52. The Kier molecular flexibility index (Phi) is 5.47. The molecule has 1 saturated carbocycles. The van der Waals surface area contributed by atoms with Crippen LogP contribution in [0, 0.1) is 5.41 Å². The van der Waals surface area contributed by atoms with Gasteiger partial charge in [-0.05, 0) is 52.9 Å². The molecule has 2 amide bonds. The van der Waals surface area contributed by atoms with E-state index in [2.05, 4.69) is 5.32 Å². The molecule has 0 aromatic heterocycles. The molecule has 0 radical (unpaired) electrons. The molecule has 0 aromatic carbocycles. The average Bonchev–Trinajstić information content (AvgIpc) is 2.41. The maximum absolute atomic E-state index is 12.7. The van der Waals surface area contributed by atoms with Gasteiger partial charge in [0.05, 0.1) is 17.6 Å². The average molecular weight is 340 g/mol. The fourth-order valence-corrected chi connectivity index (χ4v) is 3.75. The molecule has 24 heavy (non-hydrogen) atoms. The van der Waals surface area contributed by atoms with Gasteiger partial charge in [-0.1, -0.05) is 13.3 Å². The number of carbonyl (C=O) groups excluding carboxylic acids is 2. The number of amides is 2. The number of likely N-dealkylation sites (tertiary alicyclic amines) is 1. The lowest BCUT2D eigenvalue weighted by Crippen LogP contribution is -2.66. The fraction of sp³-hybridized carbons (Fsp3) is 0.889. The van der Waals surface area contributed by atoms with Gasteiger partial charge >= 0.3 is 6.09 Å². The topological polar surface area (TPSA) is 78.9 Å². The molecule has 6 heteroatoms. The number of hydrogen-bond donors (Lipinski definition) is 2. The number of aliphatic hydroxyl groups is 1. The molecule has 2 fully saturated rings. The highest BCUT2D eigenvalue weighted by molar-refractivity contribution is 5.85. The van der Waals surface area contributed by atoms with Gasteiger partial charge in [0.15, 0.2) is 0 Å². The third kappa shape index (κ3) is 3.68. The summed E-state index contributed by atoms with van der Waals surface area (Å²) < 4.78 is 5.44. The van der Waals surface area contributed by atoms with Crippen LogP contribution in [-0.4, -0.2) is 52.8 Å². The predicted molar refractivity (Wildman–Crippen MR) is 91.6 cm³/mol. The van der Waals surface area contributed by atoms with Crippen LogP contribution in [0.25, 0.3) is 0 Å². The van der Waals surface area contributed by atoms with E-state index in [0.29, 0.717) is 38.8 Å². The van der Waals surface area contributed by atoms with Crippen molar-refractivity contribution in [1.82, 2.24) is 10.2 Å². The lowest BCUT2D eigenvalue weighted by molar-refractivity contribution is -0.178. The zero-order valence-corrected chi connectivity index (χ0v) is 15.5. The summed E-state index contributed by atoms with van der Waals surface area (Å²) in [7, 11) is 0. The maximum Gasteiger partial charge on any atom is 0.410 e. The Hall–Kier alpha value is -1.30. The van der Waals surface area contributed by atoms with Crippen LogP contribution >= 0.6 is 0 Å². The zero-order valence-electron chi connectivity index (χ0n) is 15.5. The molecule has 0 spiro atoms. The number of ether oxygens (including phenoxy) is 1. The SMILES string of the molecule is CCCNC(=O)C1(C2(O)CCCN(C(=O)OC(C)(C)C)C2)CCC1. The van der Waals surface area contributed by atoms with Crippen LogP contribution < -0.4 is 5.32 Å². The third-order valence-electron chi connectivity index (χ3n) is 5.19. The Morgan fingerprint density at radius 1 is 1.21 bits per heavy atom. The van der Waals surface area contributed by atoms with Crippen molar-refractivity contribution in [3.63, 3.8) is 0 Å². The van der Waals surface area contributed by atoms with Gasteiger partial charge in [0.2, 0.25) is 5.91 Å². The minimum absolute atomic E-state index is 0.0656. The Labute approximate surface area is 144 Å². The van der Waals surface area contributed by atoms with E-state index in [4.69, 9.17) is 4.74 Å². The van der Waals surface area contributed by atoms with Crippen LogP contribution in [0.5, 0.6) is 0 Å². The summed E-state index contributed by atoms with van der Waals surface area (Å²) in [6, 6.07) is 0. The van der Waals surface area contributed by atoms with E-state index >= 15 is 0 Å². The van der Waals surface area contributed by atoms with Gasteiger partial charge in [0.1, 0.15) is 5.60 Å². The summed E-state index contributed by atoms with van der Waals surface area (Å²) in [6.07, 6.45) is 3.98. The summed E-state index contributed by atoms with van der Waals surface area (Å²) >= 11 is 0. The van der Waals surface area contributed by atoms with Gasteiger partial charge in [-0.15, -0.1) is 0 Å². The van der Waals surface area contributed by atoms with Gasteiger partial charge in [0.25, 0.3) is 0 Å². The van der Waals surface area contributed by atoms with Crippen molar-refractivity contribution >= 4 is 12.0 Å². The molecule has 1 aliphatic carbocycles. The van der Waals surface area contributed by atoms with Crippen molar-refractivity contribution in [2.45, 2.75) is 77.4 Å². The van der Waals surface area contributed by atoms with E-state index in [9.17, 15) is 14.7 Å². The van der Waals surface area contributed by atoms with Gasteiger partial charge in [-0.3, -0.25) is 4.79 Å². The minimum atomic E-state index is -1.17. The quantitative estimate of drug-likeness (QED) is 0.824. The van der Waals surface area contributed by atoms with Crippen molar-refractivity contribution < 1.29 is 19.4 Å². The monoisotopic (exact) mass is 340 g/mol. The first-order valence-corrected chi connectivity index (χ1v) is 9.12. The molecule has 138 valence electrons. The van der Waals surface area contributed by atoms with Crippen LogP contribution in [0.3, 0.4) is 0 Å². The molecule has 2 aliphatic rings. The predicted octanol–water partition coefficient (Wildman–Crippen LogP) is 2.44. The molecular weight excluding hydrogens is 308 g/mol. The first-order valence-electron chi connectivity index (χ1n) is 9.12.